The van der Waals surface area contributed by atoms with E-state index in [9.17, 15) is 0 Å². The molecule has 0 saturated heterocycles. The molecule has 71 heavy (non-hydrogen) atoms. The predicted octanol–water partition coefficient (Wildman–Crippen LogP) is 18.2. The molecule has 3 nitrogen and oxygen atoms in total. The zero-order chi connectivity index (χ0) is 46.8. The first kappa shape index (κ1) is 40.6. The summed E-state index contributed by atoms with van der Waals surface area (Å²) in [5.41, 5.74) is 15.7. The third kappa shape index (κ3) is 6.97. The fraction of sp³-hybridized carbons (Fsp3) is 0. The van der Waals surface area contributed by atoms with Gasteiger partial charge in [-0.25, -0.2) is 9.97 Å². The largest absolute Gasteiger partial charge is 0.298 e. The van der Waals surface area contributed by atoms with Gasteiger partial charge in [-0.15, -0.1) is 0 Å². The zero-order valence-corrected chi connectivity index (χ0v) is 38.7. The average molecular weight is 902 g/mol. The molecule has 3 heterocycles. The summed E-state index contributed by atoms with van der Waals surface area (Å²) in [4.78, 5) is 11.2. The maximum Gasteiger partial charge on any atom is 0.145 e. The van der Waals surface area contributed by atoms with Crippen molar-refractivity contribution < 1.29 is 0 Å². The fourth-order valence-corrected chi connectivity index (χ4v) is 10.9. The molecule has 0 aliphatic heterocycles. The van der Waals surface area contributed by atoms with Crippen LogP contribution in [0.25, 0.3) is 138 Å². The minimum atomic E-state index is 0.905. The van der Waals surface area contributed by atoms with Gasteiger partial charge in [-0.1, -0.05) is 218 Å². The second kappa shape index (κ2) is 16.7. The number of fused-ring (bicyclic) bond motifs is 8. The quantitative estimate of drug-likeness (QED) is 0.149. The van der Waals surface area contributed by atoms with E-state index in [1.165, 1.54) is 59.4 Å². The fourth-order valence-electron chi connectivity index (χ4n) is 10.9. The Kier molecular flexibility index (Phi) is 9.53. The van der Waals surface area contributed by atoms with E-state index in [4.69, 9.17) is 9.97 Å². The first-order valence-electron chi connectivity index (χ1n) is 24.3. The number of hydrogen-bond donors (Lipinski definition) is 0. The van der Waals surface area contributed by atoms with E-state index in [0.29, 0.717) is 0 Å². The van der Waals surface area contributed by atoms with Gasteiger partial charge in [0.15, 0.2) is 0 Å². The number of hydrogen-bond acceptors (Lipinski definition) is 2. The summed E-state index contributed by atoms with van der Waals surface area (Å²) in [7, 11) is 0. The van der Waals surface area contributed by atoms with Crippen LogP contribution in [-0.4, -0.2) is 14.4 Å². The number of nitrogens with zero attached hydrogens (tertiary/aromatic N) is 3. The Labute approximate surface area is 411 Å². The van der Waals surface area contributed by atoms with Gasteiger partial charge in [-0.05, 0) is 118 Å². The molecule has 0 aliphatic carbocycles. The van der Waals surface area contributed by atoms with Crippen molar-refractivity contribution in [2.75, 3.05) is 0 Å². The van der Waals surface area contributed by atoms with Crippen molar-refractivity contribution in [1.82, 2.24) is 14.4 Å². The monoisotopic (exact) mass is 901 g/mol. The molecule has 0 saturated carbocycles. The highest BCUT2D eigenvalue weighted by Gasteiger charge is 2.22. The van der Waals surface area contributed by atoms with Crippen LogP contribution in [0, 0.1) is 0 Å². The van der Waals surface area contributed by atoms with Crippen molar-refractivity contribution in [2.45, 2.75) is 0 Å². The van der Waals surface area contributed by atoms with Gasteiger partial charge >= 0.3 is 0 Å². The topological polar surface area (TPSA) is 30.2 Å². The summed E-state index contributed by atoms with van der Waals surface area (Å²) in [6.07, 6.45) is 2.26. The van der Waals surface area contributed by atoms with Crippen molar-refractivity contribution in [1.29, 1.82) is 0 Å². The van der Waals surface area contributed by atoms with Crippen LogP contribution >= 0.6 is 0 Å². The lowest BCUT2D eigenvalue weighted by molar-refractivity contribution is 1.19. The van der Waals surface area contributed by atoms with E-state index in [2.05, 4.69) is 265 Å². The summed E-state index contributed by atoms with van der Waals surface area (Å²) in [6.45, 7) is 0. The number of rotatable bonds is 7. The third-order valence-electron chi connectivity index (χ3n) is 14.3. The minimum Gasteiger partial charge on any atom is -0.298 e. The highest BCUT2D eigenvalue weighted by molar-refractivity contribution is 6.16. The zero-order valence-electron chi connectivity index (χ0n) is 38.7. The summed E-state index contributed by atoms with van der Waals surface area (Å²) in [5.74, 6) is 0. The van der Waals surface area contributed by atoms with Gasteiger partial charge in [-0.3, -0.25) is 4.40 Å². The molecule has 14 rings (SSSR count). The number of imidazole rings is 1. The highest BCUT2D eigenvalue weighted by Crippen LogP contribution is 2.43. The molecule has 330 valence electrons. The van der Waals surface area contributed by atoms with Gasteiger partial charge in [-0.2, -0.15) is 0 Å². The Hall–Kier alpha value is -9.44. The molecule has 0 fully saturated rings. The summed E-state index contributed by atoms with van der Waals surface area (Å²) < 4.78 is 2.32. The van der Waals surface area contributed by atoms with Crippen LogP contribution < -0.4 is 0 Å². The minimum absolute atomic E-state index is 0.905. The van der Waals surface area contributed by atoms with E-state index in [1.54, 1.807) is 0 Å². The molecule has 3 heteroatoms. The maximum atomic E-state index is 5.61. The molecule has 0 amide bonds. The number of aromatic nitrogens is 3. The van der Waals surface area contributed by atoms with Gasteiger partial charge in [0.1, 0.15) is 5.65 Å². The first-order valence-corrected chi connectivity index (χ1v) is 24.3. The first-order chi connectivity index (χ1) is 35.2. The van der Waals surface area contributed by atoms with Gasteiger partial charge in [0.2, 0.25) is 0 Å². The van der Waals surface area contributed by atoms with Crippen LogP contribution in [0.1, 0.15) is 0 Å². The molecule has 0 unspecified atom stereocenters. The Balaban J connectivity index is 1.000. The Morgan fingerprint density at radius 3 is 1.44 bits per heavy atom. The van der Waals surface area contributed by atoms with Crippen molar-refractivity contribution in [3.05, 3.63) is 261 Å². The van der Waals surface area contributed by atoms with Crippen molar-refractivity contribution in [3.8, 4) is 78.4 Å². The highest BCUT2D eigenvalue weighted by atomic mass is 15.0. The maximum absolute atomic E-state index is 5.61. The van der Waals surface area contributed by atoms with Crippen molar-refractivity contribution in [2.24, 2.45) is 0 Å². The summed E-state index contributed by atoms with van der Waals surface area (Å²) in [6, 6.07) is 92.0. The molecule has 0 atom stereocenters. The molecular weight excluding hydrogens is 859 g/mol. The molecule has 3 aromatic heterocycles. The van der Waals surface area contributed by atoms with Crippen molar-refractivity contribution >= 4 is 59.5 Å². The summed E-state index contributed by atoms with van der Waals surface area (Å²) >= 11 is 0. The molecule has 0 aliphatic rings. The molecular formula is C68H43N3. The number of pyridine rings is 2. The molecule has 0 N–H and O–H groups in total. The SMILES string of the molecule is c1ccc(-c2cc(-c3ccccc3)c3nc(-c4ccc5ccccc5c4)c(-c4ccc(-c5cc(-c6cc7ccccc7c7ccccc67)cc(-c6cc7ccccc7c7ccccc67)n5)cc4)n3c2)cc1. The van der Waals surface area contributed by atoms with E-state index < -0.39 is 0 Å². The van der Waals surface area contributed by atoms with Gasteiger partial charge in [0.25, 0.3) is 0 Å². The predicted molar refractivity (Wildman–Crippen MR) is 299 cm³/mol. The lowest BCUT2D eigenvalue weighted by Gasteiger charge is -2.16. The van der Waals surface area contributed by atoms with Crippen molar-refractivity contribution in [3.63, 3.8) is 0 Å². The van der Waals surface area contributed by atoms with Crippen LogP contribution in [0.3, 0.4) is 0 Å². The second-order valence-corrected chi connectivity index (χ2v) is 18.5. The summed E-state index contributed by atoms with van der Waals surface area (Å²) in [5, 5.41) is 12.1. The molecule has 14 aromatic rings. The number of benzene rings is 11. The lowest BCUT2D eigenvalue weighted by Crippen LogP contribution is -1.95. The second-order valence-electron chi connectivity index (χ2n) is 18.5. The van der Waals surface area contributed by atoms with Crippen LogP contribution in [-0.2, 0) is 0 Å². The Morgan fingerprint density at radius 1 is 0.254 bits per heavy atom. The standard InChI is InChI=1S/C68H43N3/c1-3-17-44(18-4-1)54-40-62(46-20-5-2-6-21-46)68-70-66(52-36-31-45-19-7-8-22-49(45)37-52)67(71(68)43-54)48-34-32-47(33-35-48)64-41-53(61-38-50-23-9-11-25-55(50)57-27-13-15-29-59(57)61)42-65(69-64)63-39-51-24-10-12-26-56(51)58-28-14-16-30-60(58)63/h1-43H. The van der Waals surface area contributed by atoms with Gasteiger partial charge < -0.3 is 0 Å². The Bertz CT molecular complexity index is 4240. The van der Waals surface area contributed by atoms with E-state index >= 15 is 0 Å². The smallest absolute Gasteiger partial charge is 0.145 e. The van der Waals surface area contributed by atoms with Crippen LogP contribution in [0.4, 0.5) is 0 Å². The third-order valence-corrected chi connectivity index (χ3v) is 14.3. The van der Waals surface area contributed by atoms with Crippen LogP contribution in [0.5, 0.6) is 0 Å². The van der Waals surface area contributed by atoms with Gasteiger partial charge in [0.05, 0.1) is 22.8 Å². The molecule has 0 bridgehead atoms. The van der Waals surface area contributed by atoms with Crippen LogP contribution in [0.2, 0.25) is 0 Å². The lowest BCUT2D eigenvalue weighted by atomic mass is 9.90. The van der Waals surface area contributed by atoms with E-state index in [1.807, 2.05) is 0 Å². The average Bonchev–Trinajstić information content (AvgIpc) is 3.84. The Morgan fingerprint density at radius 2 is 0.761 bits per heavy atom. The van der Waals surface area contributed by atoms with E-state index in [-0.39, 0.29) is 0 Å². The van der Waals surface area contributed by atoms with Crippen LogP contribution in [0.15, 0.2) is 261 Å². The van der Waals surface area contributed by atoms with E-state index in [0.717, 1.165) is 78.5 Å². The normalized spacial score (nSPS) is 11.7. The van der Waals surface area contributed by atoms with Gasteiger partial charge in [0, 0.05) is 34.0 Å². The molecule has 0 spiro atoms. The molecule has 0 radical (unpaired) electrons. The molecule has 11 aromatic carbocycles.